The van der Waals surface area contributed by atoms with Gasteiger partial charge in [0.15, 0.2) is 0 Å². The van der Waals surface area contributed by atoms with Gasteiger partial charge in [-0.05, 0) is 57.9 Å². The molecular formula is C17H27FN2O. The van der Waals surface area contributed by atoms with Gasteiger partial charge >= 0.3 is 0 Å². The first-order valence-electron chi connectivity index (χ1n) is 7.54. The summed E-state index contributed by atoms with van der Waals surface area (Å²) in [4.78, 5) is 2.32. The molecule has 0 amide bonds. The largest absolute Gasteiger partial charge is 0.367 e. The zero-order valence-corrected chi connectivity index (χ0v) is 13.7. The summed E-state index contributed by atoms with van der Waals surface area (Å²) >= 11 is 0. The third-order valence-corrected chi connectivity index (χ3v) is 3.98. The molecule has 21 heavy (non-hydrogen) atoms. The van der Waals surface area contributed by atoms with E-state index in [-0.39, 0.29) is 23.1 Å². The van der Waals surface area contributed by atoms with Crippen molar-refractivity contribution in [3.8, 4) is 0 Å². The molecule has 2 N–H and O–H groups in total. The standard InChI is InChI=1S/C17H27FN2O/c1-12-6-7-13(18)8-14(12)15(9-19)20-10-16(2,3)21-17(4,5)11-20/h6-8,15H,9-11,19H2,1-5H3. The Morgan fingerprint density at radius 1 is 1.24 bits per heavy atom. The van der Waals surface area contributed by atoms with Gasteiger partial charge in [-0.15, -0.1) is 0 Å². The average Bonchev–Trinajstić information content (AvgIpc) is 2.30. The number of nitrogens with two attached hydrogens (primary N) is 1. The van der Waals surface area contributed by atoms with Crippen molar-refractivity contribution in [3.63, 3.8) is 0 Å². The van der Waals surface area contributed by atoms with Crippen LogP contribution in [-0.2, 0) is 4.74 Å². The third kappa shape index (κ3) is 3.82. The monoisotopic (exact) mass is 294 g/mol. The Labute approximate surface area is 127 Å². The molecule has 2 rings (SSSR count). The van der Waals surface area contributed by atoms with E-state index >= 15 is 0 Å². The van der Waals surface area contributed by atoms with E-state index in [9.17, 15) is 4.39 Å². The third-order valence-electron chi connectivity index (χ3n) is 3.98. The number of halogens is 1. The summed E-state index contributed by atoms with van der Waals surface area (Å²) in [5.41, 5.74) is 7.60. The Bertz CT molecular complexity index is 498. The van der Waals surface area contributed by atoms with Gasteiger partial charge in [-0.25, -0.2) is 4.39 Å². The highest BCUT2D eigenvalue weighted by Gasteiger charge is 2.40. The quantitative estimate of drug-likeness (QED) is 0.931. The van der Waals surface area contributed by atoms with Crippen LogP contribution in [-0.4, -0.2) is 35.7 Å². The summed E-state index contributed by atoms with van der Waals surface area (Å²) in [6, 6.07) is 4.95. The minimum Gasteiger partial charge on any atom is -0.367 e. The molecule has 118 valence electrons. The normalized spacial score (nSPS) is 23.0. The molecule has 1 aliphatic rings. The molecule has 1 fully saturated rings. The molecule has 0 saturated carbocycles. The first kappa shape index (κ1) is 16.4. The van der Waals surface area contributed by atoms with Gasteiger partial charge in [0.25, 0.3) is 0 Å². The van der Waals surface area contributed by atoms with Gasteiger partial charge in [0, 0.05) is 25.7 Å². The molecule has 1 aromatic rings. The van der Waals surface area contributed by atoms with E-state index < -0.39 is 0 Å². The predicted molar refractivity (Wildman–Crippen MR) is 83.7 cm³/mol. The van der Waals surface area contributed by atoms with Gasteiger partial charge in [0.05, 0.1) is 11.2 Å². The molecule has 1 heterocycles. The van der Waals surface area contributed by atoms with Gasteiger partial charge in [0.1, 0.15) is 5.82 Å². The van der Waals surface area contributed by atoms with Gasteiger partial charge in [-0.1, -0.05) is 6.07 Å². The van der Waals surface area contributed by atoms with Crippen LogP contribution in [0.4, 0.5) is 4.39 Å². The lowest BCUT2D eigenvalue weighted by molar-refractivity contribution is -0.187. The zero-order valence-electron chi connectivity index (χ0n) is 13.7. The summed E-state index contributed by atoms with van der Waals surface area (Å²) in [5, 5.41) is 0. The number of hydrogen-bond donors (Lipinski definition) is 1. The molecule has 0 aliphatic carbocycles. The molecule has 1 unspecified atom stereocenters. The first-order chi connectivity index (χ1) is 9.63. The molecule has 1 aliphatic heterocycles. The van der Waals surface area contributed by atoms with E-state index in [2.05, 4.69) is 32.6 Å². The van der Waals surface area contributed by atoms with E-state index in [0.29, 0.717) is 6.54 Å². The van der Waals surface area contributed by atoms with Crippen LogP contribution in [0.1, 0.15) is 44.9 Å². The summed E-state index contributed by atoms with van der Waals surface area (Å²) in [7, 11) is 0. The number of nitrogens with zero attached hydrogens (tertiary/aromatic N) is 1. The summed E-state index contributed by atoms with van der Waals surface area (Å²) in [6.07, 6.45) is 0. The van der Waals surface area contributed by atoms with Crippen LogP contribution < -0.4 is 5.73 Å². The van der Waals surface area contributed by atoms with E-state index in [1.807, 2.05) is 13.0 Å². The van der Waals surface area contributed by atoms with Crippen molar-refractivity contribution in [3.05, 3.63) is 35.1 Å². The van der Waals surface area contributed by atoms with Crippen LogP contribution in [0.3, 0.4) is 0 Å². The number of aryl methyl sites for hydroxylation is 1. The Hall–Kier alpha value is -0.970. The SMILES string of the molecule is Cc1ccc(F)cc1C(CN)N1CC(C)(C)OC(C)(C)C1. The number of rotatable bonds is 3. The number of benzene rings is 1. The maximum Gasteiger partial charge on any atom is 0.123 e. The number of hydrogen-bond acceptors (Lipinski definition) is 3. The van der Waals surface area contributed by atoms with Crippen LogP contribution >= 0.6 is 0 Å². The molecule has 4 heteroatoms. The fourth-order valence-electron chi connectivity index (χ4n) is 3.51. The van der Waals surface area contributed by atoms with Crippen molar-refractivity contribution in [1.82, 2.24) is 4.90 Å². The molecule has 1 saturated heterocycles. The van der Waals surface area contributed by atoms with Crippen molar-refractivity contribution < 1.29 is 9.13 Å². The number of ether oxygens (including phenoxy) is 1. The molecule has 0 spiro atoms. The van der Waals surface area contributed by atoms with Crippen molar-refractivity contribution >= 4 is 0 Å². The van der Waals surface area contributed by atoms with Crippen molar-refractivity contribution in [2.75, 3.05) is 19.6 Å². The highest BCUT2D eigenvalue weighted by molar-refractivity contribution is 5.30. The second kappa shape index (κ2) is 5.67. The van der Waals surface area contributed by atoms with E-state index in [4.69, 9.17) is 10.5 Å². The summed E-state index contributed by atoms with van der Waals surface area (Å²) in [6.45, 7) is 12.4. The highest BCUT2D eigenvalue weighted by atomic mass is 19.1. The van der Waals surface area contributed by atoms with Gasteiger partial charge in [-0.2, -0.15) is 0 Å². The Kier molecular flexibility index (Phi) is 4.43. The number of morpholine rings is 1. The van der Waals surface area contributed by atoms with Crippen molar-refractivity contribution in [2.24, 2.45) is 5.73 Å². The van der Waals surface area contributed by atoms with E-state index in [0.717, 1.165) is 24.2 Å². The maximum absolute atomic E-state index is 13.6. The minimum absolute atomic E-state index is 0.0168. The first-order valence-corrected chi connectivity index (χ1v) is 7.54. The lowest BCUT2D eigenvalue weighted by atomic mass is 9.93. The van der Waals surface area contributed by atoms with Gasteiger partial charge < -0.3 is 10.5 Å². The van der Waals surface area contributed by atoms with E-state index in [1.165, 1.54) is 6.07 Å². The van der Waals surface area contributed by atoms with Crippen molar-refractivity contribution in [2.45, 2.75) is 51.9 Å². The minimum atomic E-state index is -0.240. The van der Waals surface area contributed by atoms with Crippen LogP contribution in [0.5, 0.6) is 0 Å². The second-order valence-electron chi connectivity index (χ2n) is 7.28. The molecule has 0 aromatic heterocycles. The molecule has 0 radical (unpaired) electrons. The molecular weight excluding hydrogens is 267 g/mol. The van der Waals surface area contributed by atoms with Gasteiger partial charge in [-0.3, -0.25) is 4.90 Å². The molecule has 1 aromatic carbocycles. The lowest BCUT2D eigenvalue weighted by Crippen LogP contribution is -2.58. The highest BCUT2D eigenvalue weighted by Crippen LogP contribution is 2.34. The molecule has 0 bridgehead atoms. The Balaban J connectivity index is 2.34. The maximum atomic E-state index is 13.6. The zero-order chi connectivity index (χ0) is 15.8. The van der Waals surface area contributed by atoms with E-state index in [1.54, 1.807) is 6.07 Å². The average molecular weight is 294 g/mol. The molecule has 3 nitrogen and oxygen atoms in total. The summed E-state index contributed by atoms with van der Waals surface area (Å²) in [5.74, 6) is -0.208. The lowest BCUT2D eigenvalue weighted by Gasteiger charge is -2.49. The van der Waals surface area contributed by atoms with Gasteiger partial charge in [0.2, 0.25) is 0 Å². The van der Waals surface area contributed by atoms with Crippen LogP contribution in [0, 0.1) is 12.7 Å². The molecule has 1 atom stereocenters. The topological polar surface area (TPSA) is 38.5 Å². The van der Waals surface area contributed by atoms with Crippen LogP contribution in [0.15, 0.2) is 18.2 Å². The van der Waals surface area contributed by atoms with Crippen molar-refractivity contribution in [1.29, 1.82) is 0 Å². The van der Waals surface area contributed by atoms with Crippen LogP contribution in [0.2, 0.25) is 0 Å². The predicted octanol–water partition coefficient (Wildman–Crippen LogP) is 3.02. The Morgan fingerprint density at radius 2 is 1.81 bits per heavy atom. The van der Waals surface area contributed by atoms with Crippen LogP contribution in [0.25, 0.3) is 0 Å². The second-order valence-corrected chi connectivity index (χ2v) is 7.28. The fourth-order valence-corrected chi connectivity index (χ4v) is 3.51. The Morgan fingerprint density at radius 3 is 2.33 bits per heavy atom. The fraction of sp³-hybridized carbons (Fsp3) is 0.647. The smallest absolute Gasteiger partial charge is 0.123 e. The summed E-state index contributed by atoms with van der Waals surface area (Å²) < 4.78 is 19.8.